The summed E-state index contributed by atoms with van der Waals surface area (Å²) in [6.45, 7) is -0.268. The molecule has 0 unspecified atom stereocenters. The largest absolute Gasteiger partial charge is 0.482 e. The van der Waals surface area contributed by atoms with Crippen molar-refractivity contribution in [1.29, 1.82) is 0 Å². The summed E-state index contributed by atoms with van der Waals surface area (Å²) in [6, 6.07) is 9.86. The zero-order valence-corrected chi connectivity index (χ0v) is 14.5. The SMILES string of the molecule is O=C(COc1cc(Cl)c(Cl)cc1Cl)N/N=C/c1ccc(Cl)cc1. The predicted molar refractivity (Wildman–Crippen MR) is 94.2 cm³/mol. The molecule has 8 heteroatoms. The van der Waals surface area contributed by atoms with Gasteiger partial charge in [0.1, 0.15) is 5.75 Å². The lowest BCUT2D eigenvalue weighted by Gasteiger charge is -2.08. The van der Waals surface area contributed by atoms with Gasteiger partial charge in [-0.25, -0.2) is 5.43 Å². The van der Waals surface area contributed by atoms with Gasteiger partial charge in [-0.2, -0.15) is 5.10 Å². The van der Waals surface area contributed by atoms with Gasteiger partial charge >= 0.3 is 0 Å². The van der Waals surface area contributed by atoms with Gasteiger partial charge in [-0.3, -0.25) is 4.79 Å². The number of nitrogens with zero attached hydrogens (tertiary/aromatic N) is 1. The highest BCUT2D eigenvalue weighted by Gasteiger charge is 2.09. The van der Waals surface area contributed by atoms with E-state index in [2.05, 4.69) is 10.5 Å². The Labute approximate surface area is 152 Å². The van der Waals surface area contributed by atoms with Gasteiger partial charge in [0.25, 0.3) is 5.91 Å². The topological polar surface area (TPSA) is 50.7 Å². The van der Waals surface area contributed by atoms with Crippen LogP contribution in [0.25, 0.3) is 0 Å². The van der Waals surface area contributed by atoms with Crippen LogP contribution in [-0.4, -0.2) is 18.7 Å². The van der Waals surface area contributed by atoms with Gasteiger partial charge in [-0.05, 0) is 23.8 Å². The quantitative estimate of drug-likeness (QED) is 0.450. The number of hydrogen-bond donors (Lipinski definition) is 1. The molecule has 0 heterocycles. The van der Waals surface area contributed by atoms with Crippen LogP contribution in [0.4, 0.5) is 0 Å². The normalized spacial score (nSPS) is 10.8. The summed E-state index contributed by atoms with van der Waals surface area (Å²) in [7, 11) is 0. The van der Waals surface area contributed by atoms with Crippen LogP contribution in [0.5, 0.6) is 5.75 Å². The molecule has 0 aliphatic rings. The Hall–Kier alpha value is -1.46. The smallest absolute Gasteiger partial charge is 0.277 e. The second kappa shape index (κ2) is 8.41. The van der Waals surface area contributed by atoms with Crippen molar-refractivity contribution in [3.05, 3.63) is 62.1 Å². The highest BCUT2D eigenvalue weighted by atomic mass is 35.5. The minimum atomic E-state index is -0.447. The van der Waals surface area contributed by atoms with Crippen LogP contribution < -0.4 is 10.2 Å². The lowest BCUT2D eigenvalue weighted by Crippen LogP contribution is -2.24. The molecule has 0 aliphatic carbocycles. The molecule has 2 aromatic rings. The Bertz CT molecular complexity index is 733. The maximum atomic E-state index is 11.7. The fourth-order valence-corrected chi connectivity index (χ4v) is 2.24. The molecule has 0 spiro atoms. The van der Waals surface area contributed by atoms with Gasteiger partial charge in [0.05, 0.1) is 21.3 Å². The van der Waals surface area contributed by atoms with E-state index < -0.39 is 5.91 Å². The summed E-state index contributed by atoms with van der Waals surface area (Å²) in [4.78, 5) is 11.7. The van der Waals surface area contributed by atoms with Crippen LogP contribution in [0.2, 0.25) is 20.1 Å². The van der Waals surface area contributed by atoms with E-state index in [1.165, 1.54) is 18.3 Å². The molecule has 0 bridgehead atoms. The standard InChI is InChI=1S/C15H10Cl4N2O2/c16-10-3-1-9(2-4-10)7-20-21-15(22)8-23-14-6-12(18)11(17)5-13(14)19/h1-7H,8H2,(H,21,22)/b20-7+. The maximum absolute atomic E-state index is 11.7. The summed E-state index contributed by atoms with van der Waals surface area (Å²) in [6.07, 6.45) is 1.49. The van der Waals surface area contributed by atoms with E-state index in [-0.39, 0.29) is 22.4 Å². The second-order valence-corrected chi connectivity index (χ2v) is 5.99. The fourth-order valence-electron chi connectivity index (χ4n) is 1.52. The second-order valence-electron chi connectivity index (χ2n) is 4.33. The Morgan fingerprint density at radius 1 is 1.04 bits per heavy atom. The highest BCUT2D eigenvalue weighted by Crippen LogP contribution is 2.33. The van der Waals surface area contributed by atoms with Crippen molar-refractivity contribution in [2.75, 3.05) is 6.61 Å². The van der Waals surface area contributed by atoms with E-state index in [9.17, 15) is 4.79 Å². The highest BCUT2D eigenvalue weighted by molar-refractivity contribution is 6.43. The van der Waals surface area contributed by atoms with E-state index >= 15 is 0 Å². The molecule has 2 rings (SSSR count). The zero-order chi connectivity index (χ0) is 16.8. The van der Waals surface area contributed by atoms with E-state index in [4.69, 9.17) is 51.1 Å². The van der Waals surface area contributed by atoms with Crippen molar-refractivity contribution in [2.24, 2.45) is 5.10 Å². The number of ether oxygens (including phenoxy) is 1. The first-order valence-corrected chi connectivity index (χ1v) is 7.81. The number of halogens is 4. The Morgan fingerprint density at radius 2 is 1.70 bits per heavy atom. The van der Waals surface area contributed by atoms with Crippen LogP contribution in [0.1, 0.15) is 5.56 Å². The third-order valence-corrected chi connectivity index (χ3v) is 3.88. The number of carbonyl (C=O) groups excluding carboxylic acids is 1. The van der Waals surface area contributed by atoms with Gasteiger partial charge in [-0.15, -0.1) is 0 Å². The average molecular weight is 392 g/mol. The first kappa shape index (κ1) is 17.9. The van der Waals surface area contributed by atoms with E-state index in [1.54, 1.807) is 24.3 Å². The average Bonchev–Trinajstić information content (AvgIpc) is 2.51. The molecule has 2 aromatic carbocycles. The summed E-state index contributed by atoms with van der Waals surface area (Å²) < 4.78 is 5.27. The van der Waals surface area contributed by atoms with Gasteiger partial charge in [0.15, 0.2) is 6.61 Å². The van der Waals surface area contributed by atoms with Crippen LogP contribution in [0, 0.1) is 0 Å². The molecule has 0 radical (unpaired) electrons. The molecule has 120 valence electrons. The van der Waals surface area contributed by atoms with Crippen LogP contribution in [-0.2, 0) is 4.79 Å². The monoisotopic (exact) mass is 390 g/mol. The molecule has 23 heavy (non-hydrogen) atoms. The Kier molecular flexibility index (Phi) is 6.54. The Morgan fingerprint density at radius 3 is 2.39 bits per heavy atom. The first-order chi connectivity index (χ1) is 11.0. The number of hydrazone groups is 1. The molecule has 4 nitrogen and oxygen atoms in total. The number of hydrogen-bond acceptors (Lipinski definition) is 3. The van der Waals surface area contributed by atoms with Crippen molar-refractivity contribution in [3.63, 3.8) is 0 Å². The van der Waals surface area contributed by atoms with Crippen molar-refractivity contribution in [2.45, 2.75) is 0 Å². The number of benzene rings is 2. The van der Waals surface area contributed by atoms with E-state index in [1.807, 2.05) is 0 Å². The van der Waals surface area contributed by atoms with Gasteiger partial charge < -0.3 is 4.74 Å². The third kappa shape index (κ3) is 5.59. The summed E-state index contributed by atoms with van der Waals surface area (Å²) in [5.41, 5.74) is 3.13. The lowest BCUT2D eigenvalue weighted by atomic mass is 10.2. The molecule has 0 atom stereocenters. The number of nitrogens with one attached hydrogen (secondary N) is 1. The minimum absolute atomic E-state index is 0.261. The molecular formula is C15H10Cl4N2O2. The molecule has 0 fully saturated rings. The van der Waals surface area contributed by atoms with Gasteiger partial charge in [-0.1, -0.05) is 58.5 Å². The third-order valence-electron chi connectivity index (χ3n) is 2.61. The zero-order valence-electron chi connectivity index (χ0n) is 11.5. The summed E-state index contributed by atoms with van der Waals surface area (Å²) in [5.74, 6) is -0.185. The van der Waals surface area contributed by atoms with Gasteiger partial charge in [0, 0.05) is 11.1 Å². The van der Waals surface area contributed by atoms with Crippen LogP contribution >= 0.6 is 46.4 Å². The van der Waals surface area contributed by atoms with Crippen LogP contribution in [0.15, 0.2) is 41.5 Å². The van der Waals surface area contributed by atoms with Crippen molar-refractivity contribution >= 4 is 58.5 Å². The molecule has 0 saturated carbocycles. The minimum Gasteiger partial charge on any atom is -0.482 e. The van der Waals surface area contributed by atoms with Crippen LogP contribution in [0.3, 0.4) is 0 Å². The van der Waals surface area contributed by atoms with E-state index in [0.717, 1.165) is 5.56 Å². The summed E-state index contributed by atoms with van der Waals surface area (Å²) in [5, 5.41) is 5.28. The molecule has 0 aromatic heterocycles. The fraction of sp³-hybridized carbons (Fsp3) is 0.0667. The molecular weight excluding hydrogens is 382 g/mol. The molecule has 1 amide bonds. The maximum Gasteiger partial charge on any atom is 0.277 e. The molecule has 0 saturated heterocycles. The van der Waals surface area contributed by atoms with Crippen molar-refractivity contribution in [1.82, 2.24) is 5.43 Å². The number of rotatable bonds is 5. The van der Waals surface area contributed by atoms with E-state index in [0.29, 0.717) is 10.0 Å². The van der Waals surface area contributed by atoms with Gasteiger partial charge in [0.2, 0.25) is 0 Å². The predicted octanol–water partition coefficient (Wildman–Crippen LogP) is 4.83. The van der Waals surface area contributed by atoms with Crippen molar-refractivity contribution < 1.29 is 9.53 Å². The Balaban J connectivity index is 1.86. The first-order valence-electron chi connectivity index (χ1n) is 6.30. The number of amides is 1. The number of carbonyl (C=O) groups is 1. The lowest BCUT2D eigenvalue weighted by molar-refractivity contribution is -0.123. The molecule has 0 aliphatic heterocycles. The summed E-state index contributed by atoms with van der Waals surface area (Å²) >= 11 is 23.4. The molecule has 1 N–H and O–H groups in total. The van der Waals surface area contributed by atoms with Crippen molar-refractivity contribution in [3.8, 4) is 5.75 Å².